The second-order valence-electron chi connectivity index (χ2n) is 6.99. The van der Waals surface area contributed by atoms with E-state index in [1.165, 1.54) is 5.56 Å². The van der Waals surface area contributed by atoms with Crippen molar-refractivity contribution < 1.29 is 14.3 Å². The van der Waals surface area contributed by atoms with E-state index in [1.54, 1.807) is 4.90 Å². The van der Waals surface area contributed by atoms with Gasteiger partial charge in [-0.3, -0.25) is 4.79 Å². The lowest BCUT2D eigenvalue weighted by Gasteiger charge is -2.31. The van der Waals surface area contributed by atoms with E-state index in [-0.39, 0.29) is 12.0 Å². The fourth-order valence-electron chi connectivity index (χ4n) is 3.05. The van der Waals surface area contributed by atoms with Gasteiger partial charge in [-0.15, -0.1) is 0 Å². The maximum absolute atomic E-state index is 12.1. The summed E-state index contributed by atoms with van der Waals surface area (Å²) in [4.78, 5) is 25.5. The minimum atomic E-state index is -0.228. The summed E-state index contributed by atoms with van der Waals surface area (Å²) in [5.74, 6) is 0.498. The molecule has 144 valence electrons. The second-order valence-corrected chi connectivity index (χ2v) is 6.99. The molecule has 1 heterocycles. The lowest BCUT2D eigenvalue weighted by atomic mass is 10.0. The molecule has 0 aromatic heterocycles. The molecule has 0 aliphatic carbocycles. The first kappa shape index (κ1) is 20.2. The number of hydrogen-bond acceptors (Lipinski definition) is 4. The first-order valence-electron chi connectivity index (χ1n) is 9.54. The highest BCUT2D eigenvalue weighted by Crippen LogP contribution is 2.17. The number of rotatable bonds is 7. The van der Waals surface area contributed by atoms with Crippen molar-refractivity contribution in [2.75, 3.05) is 31.6 Å². The molecule has 6 nitrogen and oxygen atoms in total. The average Bonchev–Trinajstić information content (AvgIpc) is 2.63. The Kier molecular flexibility index (Phi) is 7.91. The molecule has 1 aromatic carbocycles. The Morgan fingerprint density at radius 1 is 1.19 bits per heavy atom. The van der Waals surface area contributed by atoms with Crippen LogP contribution < -0.4 is 10.6 Å². The van der Waals surface area contributed by atoms with Crippen molar-refractivity contribution in [2.24, 2.45) is 0 Å². The van der Waals surface area contributed by atoms with Gasteiger partial charge in [0.25, 0.3) is 0 Å². The number of carbonyl (C=O) groups is 2. The molecule has 0 saturated carbocycles. The Morgan fingerprint density at radius 3 is 2.42 bits per heavy atom. The summed E-state index contributed by atoms with van der Waals surface area (Å²) < 4.78 is 5.02. The van der Waals surface area contributed by atoms with Gasteiger partial charge in [-0.2, -0.15) is 0 Å². The summed E-state index contributed by atoms with van der Waals surface area (Å²) in [7, 11) is 0. The molecule has 6 heteroatoms. The van der Waals surface area contributed by atoms with Gasteiger partial charge in [-0.25, -0.2) is 4.79 Å². The number of amides is 2. The van der Waals surface area contributed by atoms with Crippen molar-refractivity contribution in [1.29, 1.82) is 0 Å². The number of piperidine rings is 1. The standard InChI is InChI=1S/C20H31N3O3/c1-4-26-20(25)23-13-10-17(11-14-23)21-12-9-19(24)22-18-7-5-16(6-8-18)15(2)3/h5-8,15,17,21H,4,9-14H2,1-3H3,(H,22,24). The molecule has 0 radical (unpaired) electrons. The number of anilines is 1. The van der Waals surface area contributed by atoms with Gasteiger partial charge in [0.2, 0.25) is 5.91 Å². The van der Waals surface area contributed by atoms with Gasteiger partial charge in [-0.05, 0) is 43.4 Å². The largest absolute Gasteiger partial charge is 0.450 e. The van der Waals surface area contributed by atoms with E-state index in [4.69, 9.17) is 4.74 Å². The number of benzene rings is 1. The second kappa shape index (κ2) is 10.2. The van der Waals surface area contributed by atoms with Crippen LogP contribution in [0.15, 0.2) is 24.3 Å². The van der Waals surface area contributed by atoms with Crippen LogP contribution in [0, 0.1) is 0 Å². The highest BCUT2D eigenvalue weighted by Gasteiger charge is 2.23. The van der Waals surface area contributed by atoms with Crippen LogP contribution in [0.25, 0.3) is 0 Å². The summed E-state index contributed by atoms with van der Waals surface area (Å²) in [5.41, 5.74) is 2.10. The van der Waals surface area contributed by atoms with Crippen LogP contribution in [0.4, 0.5) is 10.5 Å². The van der Waals surface area contributed by atoms with E-state index in [0.29, 0.717) is 44.6 Å². The van der Waals surface area contributed by atoms with Gasteiger partial charge < -0.3 is 20.3 Å². The van der Waals surface area contributed by atoms with Crippen LogP contribution in [0.1, 0.15) is 51.5 Å². The lowest BCUT2D eigenvalue weighted by Crippen LogP contribution is -2.45. The lowest BCUT2D eigenvalue weighted by molar-refractivity contribution is -0.116. The van der Waals surface area contributed by atoms with Crippen molar-refractivity contribution in [3.8, 4) is 0 Å². The molecule has 2 amide bonds. The van der Waals surface area contributed by atoms with Gasteiger partial charge in [0, 0.05) is 37.8 Å². The molecule has 0 spiro atoms. The zero-order valence-electron chi connectivity index (χ0n) is 16.1. The predicted molar refractivity (Wildman–Crippen MR) is 103 cm³/mol. The Hall–Kier alpha value is -2.08. The minimum Gasteiger partial charge on any atom is -0.450 e. The Bertz CT molecular complexity index is 578. The smallest absolute Gasteiger partial charge is 0.409 e. The number of carbonyl (C=O) groups excluding carboxylic acids is 2. The molecular weight excluding hydrogens is 330 g/mol. The van der Waals surface area contributed by atoms with Gasteiger partial charge in [0.1, 0.15) is 0 Å². The van der Waals surface area contributed by atoms with Crippen molar-refractivity contribution in [2.45, 2.75) is 52.0 Å². The zero-order valence-corrected chi connectivity index (χ0v) is 16.1. The Morgan fingerprint density at radius 2 is 1.85 bits per heavy atom. The van der Waals surface area contributed by atoms with Gasteiger partial charge in [0.05, 0.1) is 6.61 Å². The predicted octanol–water partition coefficient (Wildman–Crippen LogP) is 3.35. The number of likely N-dealkylation sites (tertiary alicyclic amines) is 1. The summed E-state index contributed by atoms with van der Waals surface area (Å²) in [6.07, 6.45) is 1.98. The molecule has 2 rings (SSSR count). The molecule has 0 atom stereocenters. The van der Waals surface area contributed by atoms with Crippen LogP contribution in [0.5, 0.6) is 0 Å². The number of ether oxygens (including phenoxy) is 1. The first-order valence-corrected chi connectivity index (χ1v) is 9.54. The minimum absolute atomic E-state index is 0.0127. The molecule has 0 bridgehead atoms. The van der Waals surface area contributed by atoms with Crippen LogP contribution in [0.2, 0.25) is 0 Å². The summed E-state index contributed by atoms with van der Waals surface area (Å²) in [6, 6.07) is 8.35. The number of hydrogen-bond donors (Lipinski definition) is 2. The van der Waals surface area contributed by atoms with E-state index < -0.39 is 0 Å². The highest BCUT2D eigenvalue weighted by atomic mass is 16.6. The third kappa shape index (κ3) is 6.33. The van der Waals surface area contributed by atoms with Crippen LogP contribution in [0.3, 0.4) is 0 Å². The highest BCUT2D eigenvalue weighted by molar-refractivity contribution is 5.90. The van der Waals surface area contributed by atoms with E-state index in [2.05, 4.69) is 36.6 Å². The van der Waals surface area contributed by atoms with Crippen LogP contribution in [-0.2, 0) is 9.53 Å². The Balaban J connectivity index is 1.64. The van der Waals surface area contributed by atoms with Crippen LogP contribution in [-0.4, -0.2) is 49.2 Å². The SMILES string of the molecule is CCOC(=O)N1CCC(NCCC(=O)Nc2ccc(C(C)C)cc2)CC1. The number of nitrogens with one attached hydrogen (secondary N) is 2. The maximum atomic E-state index is 12.1. The molecule has 1 aromatic rings. The molecular formula is C20H31N3O3. The molecule has 1 fully saturated rings. The fourth-order valence-corrected chi connectivity index (χ4v) is 3.05. The fraction of sp³-hybridized carbons (Fsp3) is 0.600. The summed E-state index contributed by atoms with van der Waals surface area (Å²) >= 11 is 0. The van der Waals surface area contributed by atoms with E-state index in [1.807, 2.05) is 19.1 Å². The number of nitrogens with zero attached hydrogens (tertiary/aromatic N) is 1. The molecule has 2 N–H and O–H groups in total. The first-order chi connectivity index (χ1) is 12.5. The van der Waals surface area contributed by atoms with E-state index >= 15 is 0 Å². The summed E-state index contributed by atoms with van der Waals surface area (Å²) in [6.45, 7) is 8.56. The molecule has 1 saturated heterocycles. The monoisotopic (exact) mass is 361 g/mol. The quantitative estimate of drug-likeness (QED) is 0.781. The van der Waals surface area contributed by atoms with Crippen molar-refractivity contribution in [1.82, 2.24) is 10.2 Å². The van der Waals surface area contributed by atoms with Crippen molar-refractivity contribution >= 4 is 17.7 Å². The van der Waals surface area contributed by atoms with E-state index in [0.717, 1.165) is 18.5 Å². The summed E-state index contributed by atoms with van der Waals surface area (Å²) in [5, 5.41) is 6.35. The molecule has 26 heavy (non-hydrogen) atoms. The molecule has 0 unspecified atom stereocenters. The topological polar surface area (TPSA) is 70.7 Å². The zero-order chi connectivity index (χ0) is 18.9. The third-order valence-electron chi connectivity index (χ3n) is 4.67. The molecule has 1 aliphatic rings. The van der Waals surface area contributed by atoms with Crippen molar-refractivity contribution in [3.63, 3.8) is 0 Å². The van der Waals surface area contributed by atoms with Gasteiger partial charge in [-0.1, -0.05) is 26.0 Å². The van der Waals surface area contributed by atoms with Gasteiger partial charge >= 0.3 is 6.09 Å². The normalized spacial score (nSPS) is 15.2. The van der Waals surface area contributed by atoms with Crippen molar-refractivity contribution in [3.05, 3.63) is 29.8 Å². The Labute approximate surface area is 156 Å². The molecule has 1 aliphatic heterocycles. The van der Waals surface area contributed by atoms with E-state index in [9.17, 15) is 9.59 Å². The van der Waals surface area contributed by atoms with Gasteiger partial charge in [0.15, 0.2) is 0 Å². The maximum Gasteiger partial charge on any atom is 0.409 e. The third-order valence-corrected chi connectivity index (χ3v) is 4.67. The average molecular weight is 361 g/mol. The van der Waals surface area contributed by atoms with Crippen LogP contribution >= 0.6 is 0 Å².